The number of rotatable bonds is 2. The summed E-state index contributed by atoms with van der Waals surface area (Å²) in [6.07, 6.45) is 9.28. The highest BCUT2D eigenvalue weighted by atomic mass is 19.1. The number of aliphatic hydroxyl groups excluding tert-OH is 1. The minimum absolute atomic E-state index is 0.265. The predicted molar refractivity (Wildman–Crippen MR) is 72.5 cm³/mol. The molecule has 3 rings (SSSR count). The topological polar surface area (TPSA) is 36.4 Å². The molecule has 0 unspecified atom stereocenters. The zero-order chi connectivity index (χ0) is 13.3. The number of aromatic nitrogens is 1. The fourth-order valence-corrected chi connectivity index (χ4v) is 3.63. The van der Waals surface area contributed by atoms with Crippen LogP contribution in [0.15, 0.2) is 12.3 Å². The zero-order valence-corrected chi connectivity index (χ0v) is 11.2. The van der Waals surface area contributed by atoms with Gasteiger partial charge in [0.2, 0.25) is 0 Å². The molecule has 1 spiro atoms. The molecule has 4 heteroatoms. The third-order valence-corrected chi connectivity index (χ3v) is 4.91. The normalized spacial score (nSPS) is 22.1. The largest absolute Gasteiger partial charge is 0.392 e. The summed E-state index contributed by atoms with van der Waals surface area (Å²) in [6, 6.07) is 1.54. The van der Waals surface area contributed by atoms with Crippen molar-refractivity contribution >= 4 is 5.82 Å². The maximum absolute atomic E-state index is 14.2. The Hall–Kier alpha value is -1.16. The first kappa shape index (κ1) is 12.9. The molecule has 1 aliphatic carbocycles. The van der Waals surface area contributed by atoms with Crippen LogP contribution in [-0.2, 0) is 6.61 Å². The fourth-order valence-electron chi connectivity index (χ4n) is 3.63. The number of pyridine rings is 1. The molecule has 1 N–H and O–H groups in total. The Kier molecular flexibility index (Phi) is 3.44. The summed E-state index contributed by atoms with van der Waals surface area (Å²) in [5, 5.41) is 9.12. The molecule has 1 aromatic rings. The first-order valence-electron chi connectivity index (χ1n) is 7.23. The average molecular weight is 264 g/mol. The quantitative estimate of drug-likeness (QED) is 0.892. The summed E-state index contributed by atoms with van der Waals surface area (Å²) in [4.78, 5) is 6.21. The summed E-state index contributed by atoms with van der Waals surface area (Å²) in [5.41, 5.74) is 0.868. The van der Waals surface area contributed by atoms with Crippen LogP contribution >= 0.6 is 0 Å². The van der Waals surface area contributed by atoms with E-state index in [1.54, 1.807) is 12.3 Å². The van der Waals surface area contributed by atoms with E-state index in [0.29, 0.717) is 16.8 Å². The van der Waals surface area contributed by atoms with Gasteiger partial charge >= 0.3 is 0 Å². The van der Waals surface area contributed by atoms with Gasteiger partial charge in [0, 0.05) is 24.8 Å². The van der Waals surface area contributed by atoms with Gasteiger partial charge in [0.05, 0.1) is 6.61 Å². The van der Waals surface area contributed by atoms with Gasteiger partial charge in [0.25, 0.3) is 0 Å². The van der Waals surface area contributed by atoms with Crippen LogP contribution in [0.5, 0.6) is 0 Å². The molecule has 1 saturated carbocycles. The predicted octanol–water partition coefficient (Wildman–Crippen LogP) is 2.87. The first-order valence-corrected chi connectivity index (χ1v) is 7.23. The Bertz CT molecular complexity index is 447. The Morgan fingerprint density at radius 3 is 2.53 bits per heavy atom. The highest BCUT2D eigenvalue weighted by molar-refractivity contribution is 5.43. The van der Waals surface area contributed by atoms with Crippen molar-refractivity contribution in [2.45, 2.75) is 45.1 Å². The Balaban J connectivity index is 1.74. The fraction of sp³-hybridized carbons (Fsp3) is 0.667. The minimum atomic E-state index is -0.354. The van der Waals surface area contributed by atoms with Crippen molar-refractivity contribution in [3.8, 4) is 0 Å². The van der Waals surface area contributed by atoms with E-state index in [0.717, 1.165) is 25.9 Å². The van der Waals surface area contributed by atoms with Gasteiger partial charge < -0.3 is 10.0 Å². The zero-order valence-electron chi connectivity index (χ0n) is 11.2. The molecular weight excluding hydrogens is 243 g/mol. The number of piperidine rings is 1. The van der Waals surface area contributed by atoms with Gasteiger partial charge in [-0.25, -0.2) is 9.37 Å². The summed E-state index contributed by atoms with van der Waals surface area (Å²) in [7, 11) is 0. The van der Waals surface area contributed by atoms with Crippen molar-refractivity contribution in [1.29, 1.82) is 0 Å². The SMILES string of the molecule is OCc1ccnc(N2CCC3(CCCC3)CC2)c1F. The van der Waals surface area contributed by atoms with Crippen molar-refractivity contribution in [3.63, 3.8) is 0 Å². The van der Waals surface area contributed by atoms with E-state index in [4.69, 9.17) is 5.11 Å². The Labute approximate surface area is 113 Å². The molecule has 1 aromatic heterocycles. The molecule has 2 fully saturated rings. The van der Waals surface area contributed by atoms with Gasteiger partial charge in [-0.05, 0) is 37.2 Å². The molecule has 0 amide bonds. The molecular formula is C15H21FN2O. The van der Waals surface area contributed by atoms with Gasteiger partial charge in [0.1, 0.15) is 0 Å². The second-order valence-electron chi connectivity index (χ2n) is 5.96. The summed E-state index contributed by atoms with van der Waals surface area (Å²) in [6.45, 7) is 1.51. The number of hydrogen-bond donors (Lipinski definition) is 1. The third kappa shape index (κ3) is 2.34. The van der Waals surface area contributed by atoms with Crippen molar-refractivity contribution in [1.82, 2.24) is 4.98 Å². The number of nitrogens with zero attached hydrogens (tertiary/aromatic N) is 2. The summed E-state index contributed by atoms with van der Waals surface area (Å²) in [5.74, 6) is 0.0618. The minimum Gasteiger partial charge on any atom is -0.392 e. The third-order valence-electron chi connectivity index (χ3n) is 4.91. The van der Waals surface area contributed by atoms with Crippen molar-refractivity contribution in [2.75, 3.05) is 18.0 Å². The van der Waals surface area contributed by atoms with Crippen LogP contribution < -0.4 is 4.90 Å². The van der Waals surface area contributed by atoms with Gasteiger partial charge in [-0.2, -0.15) is 0 Å². The number of halogens is 1. The lowest BCUT2D eigenvalue weighted by Gasteiger charge is -2.40. The van der Waals surface area contributed by atoms with Crippen LogP contribution in [0.25, 0.3) is 0 Å². The first-order chi connectivity index (χ1) is 9.24. The van der Waals surface area contributed by atoms with Crippen LogP contribution in [0.4, 0.5) is 10.2 Å². The molecule has 2 aliphatic rings. The lowest BCUT2D eigenvalue weighted by atomic mass is 9.77. The van der Waals surface area contributed by atoms with E-state index in [2.05, 4.69) is 4.98 Å². The monoisotopic (exact) mass is 264 g/mol. The van der Waals surface area contributed by atoms with Crippen molar-refractivity contribution in [3.05, 3.63) is 23.6 Å². The van der Waals surface area contributed by atoms with E-state index in [9.17, 15) is 4.39 Å². The molecule has 0 radical (unpaired) electrons. The molecule has 0 bridgehead atoms. The molecule has 104 valence electrons. The van der Waals surface area contributed by atoms with Crippen molar-refractivity contribution < 1.29 is 9.50 Å². The van der Waals surface area contributed by atoms with E-state index >= 15 is 0 Å². The van der Waals surface area contributed by atoms with Crippen LogP contribution in [0.2, 0.25) is 0 Å². The van der Waals surface area contributed by atoms with Crippen LogP contribution in [0.1, 0.15) is 44.1 Å². The second-order valence-corrected chi connectivity index (χ2v) is 5.96. The second kappa shape index (κ2) is 5.08. The van der Waals surface area contributed by atoms with E-state index in [1.165, 1.54) is 25.7 Å². The maximum atomic E-state index is 14.2. The van der Waals surface area contributed by atoms with E-state index < -0.39 is 0 Å². The highest BCUT2D eigenvalue weighted by Gasteiger charge is 2.37. The Morgan fingerprint density at radius 2 is 1.89 bits per heavy atom. The standard InChI is InChI=1S/C15H21FN2O/c16-13-12(11-19)3-8-17-14(13)18-9-6-15(7-10-18)4-1-2-5-15/h3,8,19H,1-2,4-7,9-11H2. The number of hydrogen-bond acceptors (Lipinski definition) is 3. The van der Waals surface area contributed by atoms with Crippen LogP contribution in [0.3, 0.4) is 0 Å². The molecule has 19 heavy (non-hydrogen) atoms. The maximum Gasteiger partial charge on any atom is 0.171 e. The molecule has 0 aromatic carbocycles. The molecule has 1 saturated heterocycles. The van der Waals surface area contributed by atoms with Gasteiger partial charge in [-0.3, -0.25) is 0 Å². The molecule has 3 nitrogen and oxygen atoms in total. The smallest absolute Gasteiger partial charge is 0.171 e. The average Bonchev–Trinajstić information content (AvgIpc) is 2.89. The summed E-state index contributed by atoms with van der Waals surface area (Å²) >= 11 is 0. The number of aliphatic hydroxyl groups is 1. The number of anilines is 1. The lowest BCUT2D eigenvalue weighted by Crippen LogP contribution is -2.39. The van der Waals surface area contributed by atoms with Gasteiger partial charge in [0.15, 0.2) is 11.6 Å². The molecule has 1 aliphatic heterocycles. The van der Waals surface area contributed by atoms with E-state index in [1.807, 2.05) is 4.90 Å². The Morgan fingerprint density at radius 1 is 1.21 bits per heavy atom. The van der Waals surface area contributed by atoms with E-state index in [-0.39, 0.29) is 12.4 Å². The highest BCUT2D eigenvalue weighted by Crippen LogP contribution is 2.46. The lowest BCUT2D eigenvalue weighted by molar-refractivity contribution is 0.225. The van der Waals surface area contributed by atoms with Gasteiger partial charge in [-0.15, -0.1) is 0 Å². The van der Waals surface area contributed by atoms with Crippen LogP contribution in [-0.4, -0.2) is 23.2 Å². The molecule has 2 heterocycles. The van der Waals surface area contributed by atoms with Crippen LogP contribution in [0, 0.1) is 11.2 Å². The molecule has 0 atom stereocenters. The van der Waals surface area contributed by atoms with Gasteiger partial charge in [-0.1, -0.05) is 12.8 Å². The summed E-state index contributed by atoms with van der Waals surface area (Å²) < 4.78 is 14.2. The van der Waals surface area contributed by atoms with Crippen molar-refractivity contribution in [2.24, 2.45) is 5.41 Å².